The molecule has 28 heavy (non-hydrogen) atoms. The molecule has 1 saturated heterocycles. The summed E-state index contributed by atoms with van der Waals surface area (Å²) in [4.78, 5) is 32.3. The Morgan fingerprint density at radius 3 is 2.46 bits per heavy atom. The first kappa shape index (κ1) is 20.6. The summed E-state index contributed by atoms with van der Waals surface area (Å²) in [5.74, 6) is -0.418. The normalized spacial score (nSPS) is 15.6. The fourth-order valence-electron chi connectivity index (χ4n) is 3.72. The predicted molar refractivity (Wildman–Crippen MR) is 109 cm³/mol. The second kappa shape index (κ2) is 8.90. The van der Waals surface area contributed by atoms with E-state index < -0.39 is 5.97 Å². The number of halogens is 1. The molecule has 0 aliphatic carbocycles. The van der Waals surface area contributed by atoms with Crippen LogP contribution in [-0.4, -0.2) is 66.4 Å². The Labute approximate surface area is 170 Å². The molecule has 150 valence electrons. The van der Waals surface area contributed by atoms with Crippen LogP contribution in [0.25, 0.3) is 0 Å². The van der Waals surface area contributed by atoms with Crippen LogP contribution in [0.3, 0.4) is 0 Å². The number of nitrogens with zero attached hydrogens (tertiary/aromatic N) is 2. The summed E-state index contributed by atoms with van der Waals surface area (Å²) in [5, 5.41) is 0.754. The summed E-state index contributed by atoms with van der Waals surface area (Å²) in [6.45, 7) is 8.22. The molecule has 7 heteroatoms. The van der Waals surface area contributed by atoms with Crippen molar-refractivity contribution in [2.75, 3.05) is 39.8 Å². The Morgan fingerprint density at radius 2 is 1.82 bits per heavy atom. The standard InChI is InChI=1S/C21H26ClN3O3/c1-14-19(21(27)28-3)15(2)23-20(14)18(26)13-25-9-7-24(8-10-25)12-16-5-4-6-17(22)11-16/h4-6,11,23H,7-10,12-13H2,1-3H3. The maximum atomic E-state index is 12.8. The number of aromatic nitrogens is 1. The number of esters is 1. The van der Waals surface area contributed by atoms with Gasteiger partial charge in [-0.25, -0.2) is 4.79 Å². The topological polar surface area (TPSA) is 65.6 Å². The van der Waals surface area contributed by atoms with E-state index in [0.29, 0.717) is 29.1 Å². The quantitative estimate of drug-likeness (QED) is 0.593. The fourth-order valence-corrected chi connectivity index (χ4v) is 3.93. The molecule has 0 unspecified atom stereocenters. The van der Waals surface area contributed by atoms with Gasteiger partial charge in [-0.15, -0.1) is 0 Å². The first-order valence-corrected chi connectivity index (χ1v) is 9.76. The lowest BCUT2D eigenvalue weighted by Gasteiger charge is -2.34. The number of H-pyrrole nitrogens is 1. The van der Waals surface area contributed by atoms with Crippen molar-refractivity contribution in [3.8, 4) is 0 Å². The van der Waals surface area contributed by atoms with Gasteiger partial charge in [-0.3, -0.25) is 14.6 Å². The number of ether oxygens (including phenoxy) is 1. The predicted octanol–water partition coefficient (Wildman–Crippen LogP) is 3.07. The third-order valence-corrected chi connectivity index (χ3v) is 5.47. The number of piperazine rings is 1. The number of benzene rings is 1. The van der Waals surface area contributed by atoms with E-state index in [0.717, 1.165) is 37.7 Å². The monoisotopic (exact) mass is 403 g/mol. The van der Waals surface area contributed by atoms with Crippen molar-refractivity contribution in [3.63, 3.8) is 0 Å². The molecule has 0 bridgehead atoms. The highest BCUT2D eigenvalue weighted by Gasteiger charge is 2.25. The van der Waals surface area contributed by atoms with E-state index >= 15 is 0 Å². The molecule has 1 aromatic carbocycles. The number of carbonyl (C=O) groups is 2. The minimum absolute atomic E-state index is 0.000885. The van der Waals surface area contributed by atoms with Crippen LogP contribution in [0, 0.1) is 13.8 Å². The van der Waals surface area contributed by atoms with Crippen LogP contribution in [0.5, 0.6) is 0 Å². The minimum Gasteiger partial charge on any atom is -0.465 e. The van der Waals surface area contributed by atoms with Crippen LogP contribution < -0.4 is 0 Å². The van der Waals surface area contributed by atoms with E-state index in [-0.39, 0.29) is 5.78 Å². The first-order chi connectivity index (χ1) is 13.4. The van der Waals surface area contributed by atoms with Crippen LogP contribution >= 0.6 is 11.6 Å². The third kappa shape index (κ3) is 4.63. The number of hydrogen-bond acceptors (Lipinski definition) is 5. The van der Waals surface area contributed by atoms with Gasteiger partial charge in [0.25, 0.3) is 0 Å². The van der Waals surface area contributed by atoms with Gasteiger partial charge >= 0.3 is 5.97 Å². The Bertz CT molecular complexity index is 870. The molecule has 2 aromatic rings. The van der Waals surface area contributed by atoms with Gasteiger partial charge in [0, 0.05) is 43.4 Å². The molecule has 1 N–H and O–H groups in total. The van der Waals surface area contributed by atoms with Crippen molar-refractivity contribution < 1.29 is 14.3 Å². The van der Waals surface area contributed by atoms with Gasteiger partial charge in [-0.2, -0.15) is 0 Å². The Kier molecular flexibility index (Phi) is 6.54. The summed E-state index contributed by atoms with van der Waals surface area (Å²) >= 11 is 6.06. The molecular weight excluding hydrogens is 378 g/mol. The summed E-state index contributed by atoms with van der Waals surface area (Å²) in [6.07, 6.45) is 0. The highest BCUT2D eigenvalue weighted by Crippen LogP contribution is 2.20. The van der Waals surface area contributed by atoms with E-state index in [1.54, 1.807) is 13.8 Å². The Hall–Kier alpha value is -2.15. The number of ketones is 1. The van der Waals surface area contributed by atoms with E-state index in [1.165, 1.54) is 12.7 Å². The molecule has 1 fully saturated rings. The maximum Gasteiger partial charge on any atom is 0.339 e. The molecule has 0 saturated carbocycles. The van der Waals surface area contributed by atoms with Crippen molar-refractivity contribution in [2.24, 2.45) is 0 Å². The van der Waals surface area contributed by atoms with E-state index in [1.807, 2.05) is 18.2 Å². The van der Waals surface area contributed by atoms with E-state index in [4.69, 9.17) is 16.3 Å². The number of hydrogen-bond donors (Lipinski definition) is 1. The van der Waals surface area contributed by atoms with Gasteiger partial charge in [-0.05, 0) is 37.1 Å². The Balaban J connectivity index is 1.56. The van der Waals surface area contributed by atoms with Crippen LogP contribution in [0.4, 0.5) is 0 Å². The van der Waals surface area contributed by atoms with Gasteiger partial charge in [0.05, 0.1) is 24.9 Å². The van der Waals surface area contributed by atoms with E-state index in [9.17, 15) is 9.59 Å². The fraction of sp³-hybridized carbons (Fsp3) is 0.429. The number of carbonyl (C=O) groups excluding carboxylic acids is 2. The van der Waals surface area contributed by atoms with Gasteiger partial charge in [-0.1, -0.05) is 23.7 Å². The molecule has 1 aliphatic rings. The average molecular weight is 404 g/mol. The molecular formula is C21H26ClN3O3. The zero-order valence-electron chi connectivity index (χ0n) is 16.5. The van der Waals surface area contributed by atoms with Crippen molar-refractivity contribution in [1.29, 1.82) is 0 Å². The largest absolute Gasteiger partial charge is 0.465 e. The third-order valence-electron chi connectivity index (χ3n) is 5.23. The summed E-state index contributed by atoms with van der Waals surface area (Å²) < 4.78 is 4.81. The zero-order chi connectivity index (χ0) is 20.3. The van der Waals surface area contributed by atoms with Gasteiger partial charge < -0.3 is 9.72 Å². The second-order valence-electron chi connectivity index (χ2n) is 7.22. The van der Waals surface area contributed by atoms with Crippen LogP contribution in [0.2, 0.25) is 5.02 Å². The first-order valence-electron chi connectivity index (χ1n) is 9.39. The lowest BCUT2D eigenvalue weighted by atomic mass is 10.1. The number of aromatic amines is 1. The number of methoxy groups -OCH3 is 1. The number of aryl methyl sites for hydroxylation is 1. The van der Waals surface area contributed by atoms with Crippen LogP contribution in [-0.2, 0) is 11.3 Å². The number of rotatable bonds is 6. The molecule has 0 radical (unpaired) electrons. The maximum absolute atomic E-state index is 12.8. The molecule has 0 amide bonds. The average Bonchev–Trinajstić information content (AvgIpc) is 2.97. The van der Waals surface area contributed by atoms with Crippen LogP contribution in [0.1, 0.15) is 37.7 Å². The highest BCUT2D eigenvalue weighted by molar-refractivity contribution is 6.30. The van der Waals surface area contributed by atoms with Crippen molar-refractivity contribution >= 4 is 23.4 Å². The number of Topliss-reactive ketones (excluding diaryl/α,β-unsaturated/α-hetero) is 1. The lowest BCUT2D eigenvalue weighted by Crippen LogP contribution is -2.47. The molecule has 0 spiro atoms. The minimum atomic E-state index is -0.417. The second-order valence-corrected chi connectivity index (χ2v) is 7.66. The van der Waals surface area contributed by atoms with Crippen molar-refractivity contribution in [3.05, 3.63) is 57.4 Å². The van der Waals surface area contributed by atoms with Crippen molar-refractivity contribution in [2.45, 2.75) is 20.4 Å². The smallest absolute Gasteiger partial charge is 0.339 e. The number of nitrogens with one attached hydrogen (secondary N) is 1. The molecule has 2 heterocycles. The Morgan fingerprint density at radius 1 is 1.14 bits per heavy atom. The zero-order valence-corrected chi connectivity index (χ0v) is 17.3. The summed E-state index contributed by atoms with van der Waals surface area (Å²) in [6, 6.07) is 7.92. The van der Waals surface area contributed by atoms with Crippen LogP contribution in [0.15, 0.2) is 24.3 Å². The highest BCUT2D eigenvalue weighted by atomic mass is 35.5. The van der Waals surface area contributed by atoms with Gasteiger partial charge in [0.1, 0.15) is 0 Å². The molecule has 6 nitrogen and oxygen atoms in total. The summed E-state index contributed by atoms with van der Waals surface area (Å²) in [5.41, 5.74) is 3.48. The van der Waals surface area contributed by atoms with Gasteiger partial charge in [0.2, 0.25) is 0 Å². The molecule has 0 atom stereocenters. The van der Waals surface area contributed by atoms with Gasteiger partial charge in [0.15, 0.2) is 5.78 Å². The molecule has 1 aromatic heterocycles. The van der Waals surface area contributed by atoms with E-state index in [2.05, 4.69) is 20.9 Å². The summed E-state index contributed by atoms with van der Waals surface area (Å²) in [7, 11) is 1.35. The lowest BCUT2D eigenvalue weighted by molar-refractivity contribution is 0.0599. The van der Waals surface area contributed by atoms with Crippen molar-refractivity contribution in [1.82, 2.24) is 14.8 Å². The SMILES string of the molecule is COC(=O)c1c(C)[nH]c(C(=O)CN2CCN(Cc3cccc(Cl)c3)CC2)c1C. The molecule has 3 rings (SSSR count). The molecule has 1 aliphatic heterocycles.